The number of carbonyl (C=O) groups excluding carboxylic acids is 1. The number of aryl methyl sites for hydroxylation is 1. The molecule has 0 bridgehead atoms. The van der Waals surface area contributed by atoms with Gasteiger partial charge in [-0.15, -0.1) is 0 Å². The molecule has 0 radical (unpaired) electrons. The Morgan fingerprint density at radius 3 is 2.44 bits per heavy atom. The molecule has 0 saturated carbocycles. The van der Waals surface area contributed by atoms with Gasteiger partial charge in [0, 0.05) is 11.5 Å². The molecule has 1 N–H and O–H groups in total. The van der Waals surface area contributed by atoms with Gasteiger partial charge in [0.15, 0.2) is 5.78 Å². The average Bonchev–Trinajstić information content (AvgIpc) is 2.38. The Kier molecular flexibility index (Phi) is 3.60. The topological polar surface area (TPSA) is 54.4 Å². The van der Waals surface area contributed by atoms with E-state index >= 15 is 0 Å². The molecule has 0 amide bonds. The lowest BCUT2D eigenvalue weighted by Gasteiger charge is -2.24. The van der Waals surface area contributed by atoms with Crippen LogP contribution in [0.25, 0.3) is 0 Å². The minimum atomic E-state index is -0.884. The normalized spacial score (nSPS) is 22.7. The van der Waals surface area contributed by atoms with E-state index in [0.29, 0.717) is 18.4 Å². The largest absolute Gasteiger partial charge is 0.481 e. The molecule has 94 valence electrons. The number of benzene rings is 1. The Morgan fingerprint density at radius 1 is 1.17 bits per heavy atom. The zero-order chi connectivity index (χ0) is 13.1. The Balaban J connectivity index is 2.27. The molecule has 18 heavy (non-hydrogen) atoms. The zero-order valence-electron chi connectivity index (χ0n) is 10.3. The molecule has 1 aliphatic rings. The van der Waals surface area contributed by atoms with Crippen molar-refractivity contribution in [3.8, 4) is 0 Å². The fourth-order valence-electron chi connectivity index (χ4n) is 2.39. The van der Waals surface area contributed by atoms with Crippen LogP contribution >= 0.6 is 0 Å². The highest BCUT2D eigenvalue weighted by Gasteiger charge is 2.34. The Labute approximate surface area is 106 Å². The van der Waals surface area contributed by atoms with E-state index in [0.717, 1.165) is 5.56 Å². The van der Waals surface area contributed by atoms with Crippen LogP contribution in [0.15, 0.2) is 36.4 Å². The smallest absolute Gasteiger partial charge is 0.307 e. The van der Waals surface area contributed by atoms with Crippen molar-refractivity contribution in [2.75, 3.05) is 0 Å². The van der Waals surface area contributed by atoms with Crippen molar-refractivity contribution in [3.63, 3.8) is 0 Å². The highest BCUT2D eigenvalue weighted by molar-refractivity contribution is 6.00. The molecule has 0 spiro atoms. The van der Waals surface area contributed by atoms with Gasteiger partial charge in [0.1, 0.15) is 0 Å². The van der Waals surface area contributed by atoms with Crippen LogP contribution in [0.5, 0.6) is 0 Å². The summed E-state index contributed by atoms with van der Waals surface area (Å²) in [6.07, 6.45) is 4.71. The number of carboxylic acids is 1. The molecular weight excluding hydrogens is 228 g/mol. The number of allylic oxidation sites excluding steroid dienone is 2. The van der Waals surface area contributed by atoms with Crippen LogP contribution in [-0.2, 0) is 4.79 Å². The molecule has 0 aromatic heterocycles. The molecule has 2 atom stereocenters. The Bertz CT molecular complexity index is 502. The van der Waals surface area contributed by atoms with Gasteiger partial charge in [0.05, 0.1) is 5.92 Å². The van der Waals surface area contributed by atoms with E-state index in [4.69, 9.17) is 0 Å². The fraction of sp³-hybridized carbons (Fsp3) is 0.333. The van der Waals surface area contributed by atoms with E-state index < -0.39 is 17.8 Å². The maximum atomic E-state index is 12.4. The van der Waals surface area contributed by atoms with Gasteiger partial charge in [-0.05, 0) is 25.8 Å². The lowest BCUT2D eigenvalue weighted by Crippen LogP contribution is -2.31. The average molecular weight is 244 g/mol. The van der Waals surface area contributed by atoms with Gasteiger partial charge in [0.2, 0.25) is 0 Å². The third-order valence-electron chi connectivity index (χ3n) is 3.39. The SMILES string of the molecule is Cc1cccc(C(=O)C2CC=CCC2C(=O)O)c1. The minimum Gasteiger partial charge on any atom is -0.481 e. The maximum Gasteiger partial charge on any atom is 0.307 e. The fourth-order valence-corrected chi connectivity index (χ4v) is 2.39. The zero-order valence-corrected chi connectivity index (χ0v) is 10.3. The lowest BCUT2D eigenvalue weighted by atomic mass is 9.78. The second kappa shape index (κ2) is 5.17. The highest BCUT2D eigenvalue weighted by atomic mass is 16.4. The molecule has 2 rings (SSSR count). The molecule has 2 unspecified atom stereocenters. The number of carbonyl (C=O) groups is 2. The number of hydrogen-bond acceptors (Lipinski definition) is 2. The predicted octanol–water partition coefficient (Wildman–Crippen LogP) is 2.84. The second-order valence-corrected chi connectivity index (χ2v) is 4.73. The summed E-state index contributed by atoms with van der Waals surface area (Å²) in [4.78, 5) is 23.6. The minimum absolute atomic E-state index is 0.0598. The molecule has 3 heteroatoms. The molecule has 3 nitrogen and oxygen atoms in total. The van der Waals surface area contributed by atoms with Crippen molar-refractivity contribution in [2.24, 2.45) is 11.8 Å². The number of hydrogen-bond donors (Lipinski definition) is 1. The molecule has 0 fully saturated rings. The standard InChI is InChI=1S/C15H16O3/c1-10-5-4-6-11(9-10)14(16)12-7-2-3-8-13(12)15(17)18/h2-6,9,12-13H,7-8H2,1H3,(H,17,18). The lowest BCUT2D eigenvalue weighted by molar-refractivity contribution is -0.143. The Hall–Kier alpha value is -1.90. The van der Waals surface area contributed by atoms with Crippen LogP contribution in [0, 0.1) is 18.8 Å². The quantitative estimate of drug-likeness (QED) is 0.657. The number of carboxylic acid groups (broad SMARTS) is 1. The van der Waals surface area contributed by atoms with E-state index in [2.05, 4.69) is 0 Å². The number of ketones is 1. The van der Waals surface area contributed by atoms with Gasteiger partial charge in [-0.25, -0.2) is 0 Å². The van der Waals surface area contributed by atoms with Crippen LogP contribution < -0.4 is 0 Å². The predicted molar refractivity (Wildman–Crippen MR) is 68.5 cm³/mol. The van der Waals surface area contributed by atoms with E-state index in [1.807, 2.05) is 37.3 Å². The first-order valence-electron chi connectivity index (χ1n) is 6.08. The maximum absolute atomic E-state index is 12.4. The number of Topliss-reactive ketones (excluding diaryl/α,β-unsaturated/α-hetero) is 1. The number of rotatable bonds is 3. The van der Waals surface area contributed by atoms with Crippen molar-refractivity contribution in [3.05, 3.63) is 47.5 Å². The van der Waals surface area contributed by atoms with Crippen LogP contribution in [0.4, 0.5) is 0 Å². The molecular formula is C15H16O3. The summed E-state index contributed by atoms with van der Waals surface area (Å²) < 4.78 is 0. The molecule has 1 aromatic carbocycles. The van der Waals surface area contributed by atoms with Gasteiger partial charge >= 0.3 is 5.97 Å². The first-order chi connectivity index (χ1) is 8.59. The van der Waals surface area contributed by atoms with Crippen molar-refractivity contribution in [1.29, 1.82) is 0 Å². The van der Waals surface area contributed by atoms with Crippen LogP contribution in [0.3, 0.4) is 0 Å². The number of aliphatic carboxylic acids is 1. The van der Waals surface area contributed by atoms with Crippen molar-refractivity contribution in [1.82, 2.24) is 0 Å². The van der Waals surface area contributed by atoms with E-state index in [-0.39, 0.29) is 5.78 Å². The summed E-state index contributed by atoms with van der Waals surface area (Å²) >= 11 is 0. The summed E-state index contributed by atoms with van der Waals surface area (Å²) in [5.41, 5.74) is 1.63. The second-order valence-electron chi connectivity index (χ2n) is 4.73. The van der Waals surface area contributed by atoms with Gasteiger partial charge < -0.3 is 5.11 Å². The van der Waals surface area contributed by atoms with Crippen molar-refractivity contribution in [2.45, 2.75) is 19.8 Å². The summed E-state index contributed by atoms with van der Waals surface area (Å²) in [7, 11) is 0. The first-order valence-corrected chi connectivity index (χ1v) is 6.08. The molecule has 1 aromatic rings. The summed E-state index contributed by atoms with van der Waals surface area (Å²) in [6.45, 7) is 1.92. The molecule has 0 heterocycles. The third kappa shape index (κ3) is 2.50. The van der Waals surface area contributed by atoms with Gasteiger partial charge in [0.25, 0.3) is 0 Å². The molecule has 0 saturated heterocycles. The van der Waals surface area contributed by atoms with E-state index in [1.165, 1.54) is 0 Å². The molecule has 0 aliphatic heterocycles. The van der Waals surface area contributed by atoms with E-state index in [1.54, 1.807) is 6.07 Å². The Morgan fingerprint density at radius 2 is 1.83 bits per heavy atom. The first kappa shape index (κ1) is 12.6. The van der Waals surface area contributed by atoms with Crippen LogP contribution in [0.2, 0.25) is 0 Å². The van der Waals surface area contributed by atoms with Crippen molar-refractivity contribution < 1.29 is 14.7 Å². The van der Waals surface area contributed by atoms with Crippen LogP contribution in [-0.4, -0.2) is 16.9 Å². The van der Waals surface area contributed by atoms with Gasteiger partial charge in [-0.2, -0.15) is 0 Å². The van der Waals surface area contributed by atoms with Crippen LogP contribution in [0.1, 0.15) is 28.8 Å². The highest BCUT2D eigenvalue weighted by Crippen LogP contribution is 2.29. The summed E-state index contributed by atoms with van der Waals surface area (Å²) in [5.74, 6) is -1.97. The molecule has 1 aliphatic carbocycles. The van der Waals surface area contributed by atoms with Crippen molar-refractivity contribution >= 4 is 11.8 Å². The van der Waals surface area contributed by atoms with Gasteiger partial charge in [-0.3, -0.25) is 9.59 Å². The van der Waals surface area contributed by atoms with Gasteiger partial charge in [-0.1, -0.05) is 35.9 Å². The summed E-state index contributed by atoms with van der Waals surface area (Å²) in [6, 6.07) is 7.33. The third-order valence-corrected chi connectivity index (χ3v) is 3.39. The summed E-state index contributed by atoms with van der Waals surface area (Å²) in [5, 5.41) is 9.17. The monoisotopic (exact) mass is 244 g/mol. The van der Waals surface area contributed by atoms with E-state index in [9.17, 15) is 14.7 Å².